The molecule has 0 heterocycles. The number of aliphatic hydroxyl groups excluding tert-OH is 1. The van der Waals surface area contributed by atoms with Gasteiger partial charge in [0.2, 0.25) is 0 Å². The van der Waals surface area contributed by atoms with Crippen LogP contribution in [0.4, 0.5) is 0 Å². The molecule has 0 radical (unpaired) electrons. The molecule has 0 aromatic heterocycles. The van der Waals surface area contributed by atoms with Crippen molar-refractivity contribution < 1.29 is 19.4 Å². The minimum absolute atomic E-state index is 0.192. The van der Waals surface area contributed by atoms with E-state index in [-0.39, 0.29) is 19.2 Å². The predicted molar refractivity (Wildman–Crippen MR) is 232 cm³/mol. The fourth-order valence-corrected chi connectivity index (χ4v) is 5.46. The Morgan fingerprint density at radius 3 is 1.19 bits per heavy atom. The van der Waals surface area contributed by atoms with Gasteiger partial charge in [0.15, 0.2) is 0 Å². The first kappa shape index (κ1) is 50.1. The standard InChI is InChI=1S/C49H80O4/c1-3-5-7-9-11-13-15-17-19-21-23-25-26-28-30-32-34-36-38-40-42-44-49(51)53-48(46-50)47-52-45-43-41-39-37-35-33-31-29-27-24-22-20-18-16-14-12-10-8-6-4-2/h5-8,11-14,17-20,23-25,27-28,30,48,50H,3-4,9-10,15-16,21-22,26,29,31-47H2,1-2H3/b7-5-,8-6-,13-11-,14-12-,19-17-,20-18-,25-23-,27-24-,30-28-. The Labute approximate surface area is 327 Å². The van der Waals surface area contributed by atoms with Crippen molar-refractivity contribution in [1.29, 1.82) is 0 Å². The normalized spacial score (nSPS) is 13.5. The molecular weight excluding hydrogens is 653 g/mol. The Morgan fingerprint density at radius 2 is 0.792 bits per heavy atom. The van der Waals surface area contributed by atoms with E-state index in [4.69, 9.17) is 9.47 Å². The summed E-state index contributed by atoms with van der Waals surface area (Å²) >= 11 is 0. The number of carbonyl (C=O) groups excluding carboxylic acids is 1. The monoisotopic (exact) mass is 733 g/mol. The molecule has 4 heteroatoms. The fraction of sp³-hybridized carbons (Fsp3) is 0.612. The lowest BCUT2D eigenvalue weighted by molar-refractivity contribution is -0.154. The minimum Gasteiger partial charge on any atom is -0.457 e. The van der Waals surface area contributed by atoms with Crippen LogP contribution in [0.25, 0.3) is 0 Å². The highest BCUT2D eigenvalue weighted by atomic mass is 16.6. The molecular formula is C49H80O4. The molecule has 0 aliphatic heterocycles. The van der Waals surface area contributed by atoms with Gasteiger partial charge in [0.1, 0.15) is 6.10 Å². The highest BCUT2D eigenvalue weighted by Crippen LogP contribution is 2.11. The molecule has 0 aromatic rings. The molecule has 1 unspecified atom stereocenters. The van der Waals surface area contributed by atoms with Gasteiger partial charge in [-0.05, 0) is 96.3 Å². The van der Waals surface area contributed by atoms with Crippen LogP contribution in [0, 0.1) is 0 Å². The zero-order chi connectivity index (χ0) is 38.4. The second-order valence-electron chi connectivity index (χ2n) is 13.6. The first-order valence-corrected chi connectivity index (χ1v) is 21.5. The summed E-state index contributed by atoms with van der Waals surface area (Å²) in [6.07, 6.45) is 65.7. The molecule has 1 atom stereocenters. The molecule has 0 saturated carbocycles. The van der Waals surface area contributed by atoms with Gasteiger partial charge in [-0.15, -0.1) is 0 Å². The third-order valence-electron chi connectivity index (χ3n) is 8.59. The van der Waals surface area contributed by atoms with Gasteiger partial charge in [-0.1, -0.05) is 175 Å². The van der Waals surface area contributed by atoms with Crippen LogP contribution in [0.1, 0.15) is 168 Å². The summed E-state index contributed by atoms with van der Waals surface area (Å²) in [5.41, 5.74) is 0. The lowest BCUT2D eigenvalue weighted by Crippen LogP contribution is -2.27. The van der Waals surface area contributed by atoms with Crippen molar-refractivity contribution >= 4 is 5.97 Å². The number of carbonyl (C=O) groups is 1. The second-order valence-corrected chi connectivity index (χ2v) is 13.6. The number of allylic oxidation sites excluding steroid dienone is 18. The molecule has 0 bridgehead atoms. The molecule has 300 valence electrons. The van der Waals surface area contributed by atoms with Crippen LogP contribution in [-0.2, 0) is 14.3 Å². The van der Waals surface area contributed by atoms with Crippen molar-refractivity contribution in [1.82, 2.24) is 0 Å². The van der Waals surface area contributed by atoms with E-state index in [0.717, 1.165) is 96.3 Å². The van der Waals surface area contributed by atoms with Crippen molar-refractivity contribution in [3.8, 4) is 0 Å². The van der Waals surface area contributed by atoms with E-state index in [2.05, 4.69) is 123 Å². The van der Waals surface area contributed by atoms with Crippen LogP contribution in [0.15, 0.2) is 109 Å². The molecule has 0 saturated heterocycles. The summed E-state index contributed by atoms with van der Waals surface area (Å²) in [7, 11) is 0. The number of esters is 1. The maximum absolute atomic E-state index is 12.2. The Balaban J connectivity index is 3.56. The third-order valence-corrected chi connectivity index (χ3v) is 8.59. The number of hydrogen-bond acceptors (Lipinski definition) is 4. The summed E-state index contributed by atoms with van der Waals surface area (Å²) < 4.78 is 11.1. The average Bonchev–Trinajstić information content (AvgIpc) is 3.16. The van der Waals surface area contributed by atoms with Crippen molar-refractivity contribution in [3.63, 3.8) is 0 Å². The zero-order valence-electron chi connectivity index (χ0n) is 34.2. The maximum atomic E-state index is 12.2. The summed E-state index contributed by atoms with van der Waals surface area (Å²) in [6.45, 7) is 5.06. The average molecular weight is 733 g/mol. The summed E-state index contributed by atoms with van der Waals surface area (Å²) in [5.74, 6) is -0.228. The molecule has 4 nitrogen and oxygen atoms in total. The van der Waals surface area contributed by atoms with Gasteiger partial charge in [0.25, 0.3) is 0 Å². The number of aliphatic hydroxyl groups is 1. The van der Waals surface area contributed by atoms with Gasteiger partial charge in [-0.3, -0.25) is 4.79 Å². The maximum Gasteiger partial charge on any atom is 0.306 e. The minimum atomic E-state index is -0.559. The van der Waals surface area contributed by atoms with Gasteiger partial charge in [0, 0.05) is 13.0 Å². The lowest BCUT2D eigenvalue weighted by Gasteiger charge is -2.15. The number of ether oxygens (including phenoxy) is 2. The van der Waals surface area contributed by atoms with Gasteiger partial charge in [-0.25, -0.2) is 0 Å². The Morgan fingerprint density at radius 1 is 0.453 bits per heavy atom. The van der Waals surface area contributed by atoms with Crippen molar-refractivity contribution in [3.05, 3.63) is 109 Å². The van der Waals surface area contributed by atoms with Crippen molar-refractivity contribution in [2.75, 3.05) is 19.8 Å². The number of hydrogen-bond donors (Lipinski definition) is 1. The Hall–Kier alpha value is -2.95. The van der Waals surface area contributed by atoms with Crippen molar-refractivity contribution in [2.24, 2.45) is 0 Å². The Bertz CT molecular complexity index is 1040. The van der Waals surface area contributed by atoms with E-state index in [1.165, 1.54) is 51.4 Å². The van der Waals surface area contributed by atoms with E-state index in [1.54, 1.807) is 0 Å². The van der Waals surface area contributed by atoms with Gasteiger partial charge in [-0.2, -0.15) is 0 Å². The molecule has 0 spiro atoms. The summed E-state index contributed by atoms with van der Waals surface area (Å²) in [5, 5.41) is 9.61. The van der Waals surface area contributed by atoms with Crippen LogP contribution in [0.2, 0.25) is 0 Å². The SMILES string of the molecule is CC/C=C\C/C=C\C/C=C\C/C=C\C/C=C\CCCCCCCC(=O)OC(CO)COCCCCCCCCC/C=C\C/C=C\C/C=C\C/C=C\CC. The van der Waals surface area contributed by atoms with Crippen LogP contribution < -0.4 is 0 Å². The van der Waals surface area contributed by atoms with E-state index >= 15 is 0 Å². The quantitative estimate of drug-likeness (QED) is 0.0390. The summed E-state index contributed by atoms with van der Waals surface area (Å²) in [6, 6.07) is 0. The van der Waals surface area contributed by atoms with E-state index in [9.17, 15) is 9.90 Å². The smallest absolute Gasteiger partial charge is 0.306 e. The number of rotatable bonds is 38. The van der Waals surface area contributed by atoms with Crippen LogP contribution in [0.5, 0.6) is 0 Å². The molecule has 0 aliphatic carbocycles. The molecule has 0 aliphatic rings. The van der Waals surface area contributed by atoms with E-state index < -0.39 is 6.10 Å². The highest BCUT2D eigenvalue weighted by molar-refractivity contribution is 5.69. The first-order chi connectivity index (χ1) is 26.2. The van der Waals surface area contributed by atoms with Crippen LogP contribution >= 0.6 is 0 Å². The Kier molecular flexibility index (Phi) is 42.7. The summed E-state index contributed by atoms with van der Waals surface area (Å²) in [4.78, 5) is 12.2. The molecule has 1 N–H and O–H groups in total. The van der Waals surface area contributed by atoms with Gasteiger partial charge >= 0.3 is 5.97 Å². The largest absolute Gasteiger partial charge is 0.457 e. The molecule has 0 amide bonds. The second kappa shape index (κ2) is 45.2. The number of unbranched alkanes of at least 4 members (excludes halogenated alkanes) is 12. The highest BCUT2D eigenvalue weighted by Gasteiger charge is 2.13. The van der Waals surface area contributed by atoms with Gasteiger partial charge < -0.3 is 14.6 Å². The topological polar surface area (TPSA) is 55.8 Å². The zero-order valence-corrected chi connectivity index (χ0v) is 34.2. The molecule has 0 fully saturated rings. The van der Waals surface area contributed by atoms with Crippen LogP contribution in [0.3, 0.4) is 0 Å². The van der Waals surface area contributed by atoms with E-state index in [0.29, 0.717) is 13.0 Å². The lowest BCUT2D eigenvalue weighted by atomic mass is 10.1. The predicted octanol–water partition coefficient (Wildman–Crippen LogP) is 14.3. The molecule has 0 rings (SSSR count). The van der Waals surface area contributed by atoms with Crippen molar-refractivity contribution in [2.45, 2.75) is 174 Å². The van der Waals surface area contributed by atoms with Crippen LogP contribution in [-0.4, -0.2) is 37.0 Å². The molecule has 53 heavy (non-hydrogen) atoms. The fourth-order valence-electron chi connectivity index (χ4n) is 5.46. The first-order valence-electron chi connectivity index (χ1n) is 21.5. The third kappa shape index (κ3) is 43.3. The van der Waals surface area contributed by atoms with Gasteiger partial charge in [0.05, 0.1) is 13.2 Å². The van der Waals surface area contributed by atoms with E-state index in [1.807, 2.05) is 0 Å². The molecule has 0 aromatic carbocycles.